The summed E-state index contributed by atoms with van der Waals surface area (Å²) in [5.41, 5.74) is 2.18. The molecule has 1 saturated heterocycles. The van der Waals surface area contributed by atoms with Gasteiger partial charge >= 0.3 is 6.09 Å². The Bertz CT molecular complexity index is 581. The molecule has 0 radical (unpaired) electrons. The second-order valence-corrected chi connectivity index (χ2v) is 7.79. The summed E-state index contributed by atoms with van der Waals surface area (Å²) in [5.74, 6) is 0.427. The molecule has 0 aliphatic carbocycles. The van der Waals surface area contributed by atoms with Crippen LogP contribution in [0.15, 0.2) is 20.9 Å². The van der Waals surface area contributed by atoms with Gasteiger partial charge < -0.3 is 10.1 Å². The average Bonchev–Trinajstić information content (AvgIpc) is 2.83. The summed E-state index contributed by atoms with van der Waals surface area (Å²) >= 11 is 5.05. The quantitative estimate of drug-likeness (QED) is 0.790. The molecule has 0 aromatic carbocycles. The minimum atomic E-state index is -0.615. The van der Waals surface area contributed by atoms with Gasteiger partial charge in [-0.05, 0) is 49.7 Å². The fourth-order valence-electron chi connectivity index (χ4n) is 1.89. The summed E-state index contributed by atoms with van der Waals surface area (Å²) in [6.07, 6.45) is -0.615. The lowest BCUT2D eigenvalue weighted by Gasteiger charge is -2.22. The van der Waals surface area contributed by atoms with Crippen LogP contribution in [0, 0.1) is 0 Å². The largest absolute Gasteiger partial charge is 0.442 e. The standard InChI is InChI=1S/C13H19BrN4O2S/c1-12(2,3)20-11(19)15-10-16-13(4,17-18(10)5)9-6-8(14)7-21-9/h6-7,17H,1-5H3,(H,15,16,19). The number of nitrogens with one attached hydrogen (secondary N) is 2. The number of nitrogens with zero attached hydrogens (tertiary/aromatic N) is 2. The topological polar surface area (TPSA) is 66.0 Å². The van der Waals surface area contributed by atoms with Crippen molar-refractivity contribution in [3.05, 3.63) is 20.8 Å². The number of carbonyl (C=O) groups is 1. The number of ether oxygens (including phenoxy) is 1. The highest BCUT2D eigenvalue weighted by molar-refractivity contribution is 9.10. The van der Waals surface area contributed by atoms with E-state index in [2.05, 4.69) is 31.7 Å². The molecule has 1 fully saturated rings. The third-order valence-corrected chi connectivity index (χ3v) is 4.63. The van der Waals surface area contributed by atoms with E-state index in [1.807, 2.05) is 39.1 Å². The van der Waals surface area contributed by atoms with Crippen LogP contribution in [0.5, 0.6) is 0 Å². The van der Waals surface area contributed by atoms with Gasteiger partial charge in [-0.1, -0.05) is 0 Å². The van der Waals surface area contributed by atoms with Gasteiger partial charge in [0.15, 0.2) is 0 Å². The molecule has 1 atom stereocenters. The number of aliphatic imine (C=N–C) groups is 1. The zero-order valence-electron chi connectivity index (χ0n) is 12.7. The maximum atomic E-state index is 11.8. The molecule has 1 aromatic heterocycles. The molecule has 6 nitrogen and oxygen atoms in total. The SMILES string of the molecule is CN1NC(C)(c2cc(Br)cs2)N/C1=N\C(=O)OC(C)(C)C. The normalized spacial score (nSPS) is 24.3. The van der Waals surface area contributed by atoms with Gasteiger partial charge in [-0.15, -0.1) is 16.3 Å². The highest BCUT2D eigenvalue weighted by atomic mass is 79.9. The van der Waals surface area contributed by atoms with Crippen LogP contribution in [0.1, 0.15) is 32.6 Å². The van der Waals surface area contributed by atoms with Gasteiger partial charge in [0.2, 0.25) is 5.96 Å². The number of guanidine groups is 1. The number of rotatable bonds is 1. The molecule has 116 valence electrons. The number of hydrogen-bond donors (Lipinski definition) is 2. The van der Waals surface area contributed by atoms with E-state index in [4.69, 9.17) is 4.74 Å². The van der Waals surface area contributed by atoms with E-state index >= 15 is 0 Å². The molecule has 0 bridgehead atoms. The van der Waals surface area contributed by atoms with Crippen LogP contribution < -0.4 is 10.7 Å². The van der Waals surface area contributed by atoms with Crippen LogP contribution in [0.2, 0.25) is 0 Å². The second-order valence-electron chi connectivity index (χ2n) is 5.97. The molecule has 0 saturated carbocycles. The zero-order chi connectivity index (χ0) is 15.8. The summed E-state index contributed by atoms with van der Waals surface area (Å²) in [7, 11) is 1.80. The first-order chi connectivity index (χ1) is 9.59. The third kappa shape index (κ3) is 3.96. The lowest BCUT2D eigenvalue weighted by molar-refractivity contribution is 0.0601. The number of thiophene rings is 1. The molecule has 2 heterocycles. The van der Waals surface area contributed by atoms with Crippen molar-refractivity contribution < 1.29 is 9.53 Å². The van der Waals surface area contributed by atoms with Crippen molar-refractivity contribution in [1.82, 2.24) is 15.8 Å². The first kappa shape index (κ1) is 16.3. The van der Waals surface area contributed by atoms with E-state index in [0.29, 0.717) is 5.96 Å². The maximum absolute atomic E-state index is 11.8. The van der Waals surface area contributed by atoms with Crippen LogP contribution >= 0.6 is 27.3 Å². The molecule has 8 heteroatoms. The monoisotopic (exact) mass is 374 g/mol. The van der Waals surface area contributed by atoms with Gasteiger partial charge in [0.05, 0.1) is 0 Å². The van der Waals surface area contributed by atoms with E-state index in [1.54, 1.807) is 23.4 Å². The number of hydrazine groups is 1. The Morgan fingerprint density at radius 3 is 2.71 bits per heavy atom. The van der Waals surface area contributed by atoms with Crippen molar-refractivity contribution >= 4 is 39.3 Å². The fraction of sp³-hybridized carbons (Fsp3) is 0.538. The number of hydrogen-bond acceptors (Lipinski definition) is 4. The summed E-state index contributed by atoms with van der Waals surface area (Å²) < 4.78 is 6.22. The van der Waals surface area contributed by atoms with Crippen molar-refractivity contribution in [3.8, 4) is 0 Å². The predicted octanol–water partition coefficient (Wildman–Crippen LogP) is 3.01. The number of carbonyl (C=O) groups excluding carboxylic acids is 1. The van der Waals surface area contributed by atoms with Crippen molar-refractivity contribution in [1.29, 1.82) is 0 Å². The van der Waals surface area contributed by atoms with E-state index in [1.165, 1.54) is 0 Å². The highest BCUT2D eigenvalue weighted by Crippen LogP contribution is 2.30. The first-order valence-electron chi connectivity index (χ1n) is 6.45. The summed E-state index contributed by atoms with van der Waals surface area (Å²) in [6.45, 7) is 7.41. The molecule has 1 amide bonds. The predicted molar refractivity (Wildman–Crippen MR) is 87.1 cm³/mol. The Morgan fingerprint density at radius 2 is 2.19 bits per heavy atom. The Kier molecular flexibility index (Phi) is 4.32. The Balaban J connectivity index is 2.16. The van der Waals surface area contributed by atoms with Gasteiger partial charge in [0, 0.05) is 21.8 Å². The molecule has 2 N–H and O–H groups in total. The third-order valence-electron chi connectivity index (χ3n) is 2.72. The Labute approximate surface area is 136 Å². The molecule has 1 aromatic rings. The van der Waals surface area contributed by atoms with Crippen molar-refractivity contribution in [2.45, 2.75) is 39.0 Å². The molecular formula is C13H19BrN4O2S. The minimum Gasteiger partial charge on any atom is -0.442 e. The van der Waals surface area contributed by atoms with Gasteiger partial charge in [-0.3, -0.25) is 5.01 Å². The van der Waals surface area contributed by atoms with Gasteiger partial charge in [0.25, 0.3) is 0 Å². The molecule has 1 unspecified atom stereocenters. The molecule has 1 aliphatic heterocycles. The molecule has 2 rings (SSSR count). The second kappa shape index (κ2) is 5.58. The van der Waals surface area contributed by atoms with Crippen LogP contribution in [0.3, 0.4) is 0 Å². The number of halogens is 1. The van der Waals surface area contributed by atoms with E-state index < -0.39 is 17.4 Å². The first-order valence-corrected chi connectivity index (χ1v) is 8.12. The molecule has 1 aliphatic rings. The maximum Gasteiger partial charge on any atom is 0.437 e. The summed E-state index contributed by atoms with van der Waals surface area (Å²) in [6, 6.07) is 2.02. The number of amides is 1. The molecule has 21 heavy (non-hydrogen) atoms. The lowest BCUT2D eigenvalue weighted by Crippen LogP contribution is -2.44. The molecular weight excluding hydrogens is 356 g/mol. The lowest BCUT2D eigenvalue weighted by atomic mass is 10.2. The summed E-state index contributed by atoms with van der Waals surface area (Å²) in [5, 5.41) is 6.90. The Morgan fingerprint density at radius 1 is 1.52 bits per heavy atom. The van der Waals surface area contributed by atoms with Crippen LogP contribution in [-0.2, 0) is 10.4 Å². The van der Waals surface area contributed by atoms with Gasteiger partial charge in [-0.25, -0.2) is 10.2 Å². The average molecular weight is 375 g/mol. The van der Waals surface area contributed by atoms with E-state index in [0.717, 1.165) is 9.35 Å². The van der Waals surface area contributed by atoms with Crippen molar-refractivity contribution in [2.75, 3.05) is 7.05 Å². The van der Waals surface area contributed by atoms with Gasteiger partial charge in [0.1, 0.15) is 11.3 Å². The van der Waals surface area contributed by atoms with Crippen molar-refractivity contribution in [3.63, 3.8) is 0 Å². The summed E-state index contributed by atoms with van der Waals surface area (Å²) in [4.78, 5) is 16.9. The fourth-order valence-corrected chi connectivity index (χ4v) is 3.39. The van der Waals surface area contributed by atoms with Gasteiger partial charge in [-0.2, -0.15) is 0 Å². The van der Waals surface area contributed by atoms with E-state index in [-0.39, 0.29) is 0 Å². The van der Waals surface area contributed by atoms with Crippen LogP contribution in [0.25, 0.3) is 0 Å². The zero-order valence-corrected chi connectivity index (χ0v) is 15.1. The smallest absolute Gasteiger partial charge is 0.437 e. The molecule has 0 spiro atoms. The minimum absolute atomic E-state index is 0.427. The van der Waals surface area contributed by atoms with Crippen molar-refractivity contribution in [2.24, 2.45) is 4.99 Å². The van der Waals surface area contributed by atoms with E-state index in [9.17, 15) is 4.79 Å². The van der Waals surface area contributed by atoms with Crippen LogP contribution in [0.4, 0.5) is 4.79 Å². The van der Waals surface area contributed by atoms with Crippen LogP contribution in [-0.4, -0.2) is 29.7 Å². The Hall–Kier alpha value is -1.12. The highest BCUT2D eigenvalue weighted by Gasteiger charge is 2.38.